The van der Waals surface area contributed by atoms with Gasteiger partial charge in [-0.1, -0.05) is 23.2 Å². The zero-order valence-corrected chi connectivity index (χ0v) is 17.3. The Balaban J connectivity index is 1.67. The number of carbonyl (C=O) groups excluding carboxylic acids is 1. The fourth-order valence-electron chi connectivity index (χ4n) is 2.38. The molecule has 0 aliphatic carbocycles. The van der Waals surface area contributed by atoms with Crippen LogP contribution < -0.4 is 5.43 Å². The summed E-state index contributed by atoms with van der Waals surface area (Å²) in [4.78, 5) is 27.7. The molecule has 0 saturated carbocycles. The molecule has 0 aliphatic rings. The third-order valence-corrected chi connectivity index (χ3v) is 5.53. The molecule has 148 valence electrons. The molecular formula is C19H14Cl2N4O3S. The molecule has 0 fully saturated rings. The number of amides is 1. The lowest BCUT2D eigenvalue weighted by atomic mass is 10.1. The highest BCUT2D eigenvalue weighted by molar-refractivity contribution is 8.00. The first kappa shape index (κ1) is 21.0. The van der Waals surface area contributed by atoms with Crippen molar-refractivity contribution in [1.29, 1.82) is 0 Å². The van der Waals surface area contributed by atoms with Gasteiger partial charge in [-0.2, -0.15) is 5.10 Å². The van der Waals surface area contributed by atoms with Gasteiger partial charge in [-0.25, -0.2) is 10.4 Å². The van der Waals surface area contributed by atoms with Crippen LogP contribution >= 0.6 is 35.0 Å². The van der Waals surface area contributed by atoms with Gasteiger partial charge >= 0.3 is 0 Å². The number of hydrogen-bond acceptors (Lipinski definition) is 6. The number of pyridine rings is 1. The summed E-state index contributed by atoms with van der Waals surface area (Å²) in [5.41, 5.74) is 3.28. The van der Waals surface area contributed by atoms with E-state index < -0.39 is 4.92 Å². The summed E-state index contributed by atoms with van der Waals surface area (Å²) < 4.78 is 0. The number of thioether (sulfide) groups is 1. The Morgan fingerprint density at radius 3 is 2.66 bits per heavy atom. The maximum absolute atomic E-state index is 12.2. The van der Waals surface area contributed by atoms with Gasteiger partial charge in [0.05, 0.1) is 21.9 Å². The standard InChI is InChI=1S/C19H14Cl2N4O3S/c1-11(29-16-6-3-14(20)4-7-16)19(26)24-22-10-13-8-12-2-5-15(25(27)28)9-17(12)23-18(13)21/h2-11H,1H3,(H,24,26)/b22-10-/t11-/m1/s1. The van der Waals surface area contributed by atoms with Crippen LogP contribution in [0.15, 0.2) is 58.5 Å². The number of carbonyl (C=O) groups is 1. The molecule has 1 aromatic heterocycles. The molecule has 0 aliphatic heterocycles. The van der Waals surface area contributed by atoms with E-state index in [1.807, 2.05) is 12.1 Å². The van der Waals surface area contributed by atoms with Crippen molar-refractivity contribution in [2.75, 3.05) is 0 Å². The van der Waals surface area contributed by atoms with Crippen LogP contribution in [0.2, 0.25) is 10.2 Å². The second kappa shape index (κ2) is 9.21. The molecule has 10 heteroatoms. The highest BCUT2D eigenvalue weighted by atomic mass is 35.5. The molecule has 3 rings (SSSR count). The number of nitrogens with zero attached hydrogens (tertiary/aromatic N) is 3. The molecule has 29 heavy (non-hydrogen) atoms. The van der Waals surface area contributed by atoms with Crippen molar-refractivity contribution >= 4 is 63.7 Å². The van der Waals surface area contributed by atoms with Gasteiger partial charge in [-0.15, -0.1) is 11.8 Å². The number of nitro groups is 1. The van der Waals surface area contributed by atoms with Crippen LogP contribution in [-0.4, -0.2) is 27.3 Å². The SMILES string of the molecule is C[C@@H](Sc1ccc(Cl)cc1)C(=O)N/N=C\c1cc2ccc([N+](=O)[O-])cc2nc1Cl. The lowest BCUT2D eigenvalue weighted by Gasteiger charge is -2.09. The van der Waals surface area contributed by atoms with E-state index in [1.165, 1.54) is 30.1 Å². The van der Waals surface area contributed by atoms with Crippen molar-refractivity contribution in [3.8, 4) is 0 Å². The minimum absolute atomic E-state index is 0.0677. The molecule has 0 unspecified atom stereocenters. The predicted octanol–water partition coefficient (Wildman–Crippen LogP) is 5.08. The second-order valence-electron chi connectivity index (χ2n) is 5.95. The number of fused-ring (bicyclic) bond motifs is 1. The maximum Gasteiger partial charge on any atom is 0.271 e. The second-order valence-corrected chi connectivity index (χ2v) is 8.16. The van der Waals surface area contributed by atoms with Crippen molar-refractivity contribution in [3.63, 3.8) is 0 Å². The number of nitro benzene ring substituents is 1. The summed E-state index contributed by atoms with van der Waals surface area (Å²) in [6.45, 7) is 1.77. The fraction of sp³-hybridized carbons (Fsp3) is 0.105. The van der Waals surface area contributed by atoms with E-state index in [0.29, 0.717) is 21.5 Å². The highest BCUT2D eigenvalue weighted by Crippen LogP contribution is 2.25. The molecule has 1 atom stereocenters. The van der Waals surface area contributed by atoms with Crippen LogP contribution in [0.4, 0.5) is 5.69 Å². The average molecular weight is 449 g/mol. The van der Waals surface area contributed by atoms with E-state index in [1.54, 1.807) is 31.2 Å². The molecule has 2 aromatic carbocycles. The lowest BCUT2D eigenvalue weighted by Crippen LogP contribution is -2.26. The fourth-order valence-corrected chi connectivity index (χ4v) is 3.56. The molecule has 0 spiro atoms. The largest absolute Gasteiger partial charge is 0.272 e. The summed E-state index contributed by atoms with van der Waals surface area (Å²) in [6.07, 6.45) is 1.38. The average Bonchev–Trinajstić information content (AvgIpc) is 2.69. The first-order chi connectivity index (χ1) is 13.8. The topological polar surface area (TPSA) is 97.5 Å². The molecule has 0 bridgehead atoms. The number of halogens is 2. The number of nitrogens with one attached hydrogen (secondary N) is 1. The summed E-state index contributed by atoms with van der Waals surface area (Å²) in [5.74, 6) is -0.276. The zero-order chi connectivity index (χ0) is 21.0. The van der Waals surface area contributed by atoms with Gasteiger partial charge in [0.2, 0.25) is 0 Å². The number of aromatic nitrogens is 1. The van der Waals surface area contributed by atoms with Gasteiger partial charge in [0.15, 0.2) is 0 Å². The minimum Gasteiger partial charge on any atom is -0.272 e. The summed E-state index contributed by atoms with van der Waals surface area (Å²) >= 11 is 13.4. The smallest absolute Gasteiger partial charge is 0.271 e. The van der Waals surface area contributed by atoms with Crippen LogP contribution in [-0.2, 0) is 4.79 Å². The van der Waals surface area contributed by atoms with Crippen LogP contribution in [0.1, 0.15) is 12.5 Å². The monoisotopic (exact) mass is 448 g/mol. The van der Waals surface area contributed by atoms with Gasteiger partial charge in [-0.05, 0) is 43.3 Å². The van der Waals surface area contributed by atoms with Crippen molar-refractivity contribution in [1.82, 2.24) is 10.4 Å². The first-order valence-corrected chi connectivity index (χ1v) is 9.97. The zero-order valence-electron chi connectivity index (χ0n) is 15.0. The van der Waals surface area contributed by atoms with E-state index in [-0.39, 0.29) is 22.0 Å². The van der Waals surface area contributed by atoms with E-state index in [9.17, 15) is 14.9 Å². The van der Waals surface area contributed by atoms with Crippen molar-refractivity contribution in [3.05, 3.63) is 74.4 Å². The minimum atomic E-state index is -0.497. The van der Waals surface area contributed by atoms with E-state index in [0.717, 1.165) is 4.90 Å². The van der Waals surface area contributed by atoms with Gasteiger partial charge in [-0.3, -0.25) is 14.9 Å². The van der Waals surface area contributed by atoms with E-state index in [2.05, 4.69) is 15.5 Å². The van der Waals surface area contributed by atoms with Crippen LogP contribution in [0.3, 0.4) is 0 Å². The molecule has 1 amide bonds. The Bertz CT molecular complexity index is 1110. The molecular weight excluding hydrogens is 435 g/mol. The van der Waals surface area contributed by atoms with Crippen molar-refractivity contribution in [2.45, 2.75) is 17.1 Å². The molecule has 3 aromatic rings. The van der Waals surface area contributed by atoms with E-state index >= 15 is 0 Å². The molecule has 1 heterocycles. The van der Waals surface area contributed by atoms with Gasteiger partial charge in [0.1, 0.15) is 5.15 Å². The Morgan fingerprint density at radius 1 is 1.24 bits per heavy atom. The number of non-ortho nitro benzene ring substituents is 1. The third kappa shape index (κ3) is 5.44. The Labute approximate surface area is 180 Å². The number of hydrogen-bond donors (Lipinski definition) is 1. The summed E-state index contributed by atoms with van der Waals surface area (Å²) in [7, 11) is 0. The molecule has 1 N–H and O–H groups in total. The number of hydrazone groups is 1. The van der Waals surface area contributed by atoms with E-state index in [4.69, 9.17) is 23.2 Å². The Morgan fingerprint density at radius 2 is 1.97 bits per heavy atom. The molecule has 7 nitrogen and oxygen atoms in total. The highest BCUT2D eigenvalue weighted by Gasteiger charge is 2.14. The predicted molar refractivity (Wildman–Crippen MR) is 116 cm³/mol. The number of benzene rings is 2. The van der Waals surface area contributed by atoms with Crippen molar-refractivity contribution < 1.29 is 9.72 Å². The lowest BCUT2D eigenvalue weighted by molar-refractivity contribution is -0.384. The summed E-state index contributed by atoms with van der Waals surface area (Å²) in [5, 5.41) is 15.8. The van der Waals surface area contributed by atoms with Gasteiger partial charge in [0, 0.05) is 33.0 Å². The third-order valence-electron chi connectivity index (χ3n) is 3.87. The van der Waals surface area contributed by atoms with Crippen LogP contribution in [0.5, 0.6) is 0 Å². The Kier molecular flexibility index (Phi) is 6.68. The maximum atomic E-state index is 12.2. The normalized spacial score (nSPS) is 12.2. The van der Waals surface area contributed by atoms with Gasteiger partial charge in [0.25, 0.3) is 11.6 Å². The van der Waals surface area contributed by atoms with Crippen LogP contribution in [0, 0.1) is 10.1 Å². The van der Waals surface area contributed by atoms with Crippen molar-refractivity contribution in [2.24, 2.45) is 5.10 Å². The molecule has 0 saturated heterocycles. The van der Waals surface area contributed by atoms with Gasteiger partial charge < -0.3 is 0 Å². The quantitative estimate of drug-likeness (QED) is 0.186. The summed E-state index contributed by atoms with van der Waals surface area (Å²) in [6, 6.07) is 13.2. The molecule has 0 radical (unpaired) electrons. The Hall–Kier alpha value is -2.68. The van der Waals surface area contributed by atoms with Crippen LogP contribution in [0.25, 0.3) is 10.9 Å². The number of rotatable bonds is 6. The first-order valence-electron chi connectivity index (χ1n) is 8.33.